The summed E-state index contributed by atoms with van der Waals surface area (Å²) in [6, 6.07) is 16.1. The number of amides is 2. The molecule has 2 N–H and O–H groups in total. The van der Waals surface area contributed by atoms with E-state index in [1.807, 2.05) is 42.5 Å². The number of halogens is 2. The van der Waals surface area contributed by atoms with Crippen molar-refractivity contribution in [2.24, 2.45) is 5.92 Å². The third-order valence-corrected chi connectivity index (χ3v) is 7.78. The van der Waals surface area contributed by atoms with E-state index in [1.165, 1.54) is 19.3 Å². The van der Waals surface area contributed by atoms with Crippen molar-refractivity contribution in [3.63, 3.8) is 0 Å². The maximum atomic E-state index is 12.2. The molecule has 1 aliphatic carbocycles. The number of hydrogen-bond donors (Lipinski definition) is 2. The van der Waals surface area contributed by atoms with Crippen LogP contribution >= 0.6 is 23.2 Å². The molecule has 1 saturated carbocycles. The van der Waals surface area contributed by atoms with Crippen LogP contribution in [0.15, 0.2) is 48.5 Å². The summed E-state index contributed by atoms with van der Waals surface area (Å²) in [5.41, 5.74) is 2.16. The number of rotatable bonds is 7. The van der Waals surface area contributed by atoms with Gasteiger partial charge in [0.15, 0.2) is 0 Å². The minimum Gasteiger partial charge on any atom is -0.368 e. The number of carbonyl (C=O) groups excluding carboxylic acids is 1. The van der Waals surface area contributed by atoms with Gasteiger partial charge in [-0.15, -0.1) is 0 Å². The predicted molar refractivity (Wildman–Crippen MR) is 137 cm³/mol. The fourth-order valence-corrected chi connectivity index (χ4v) is 5.34. The number of piperazine rings is 1. The first-order valence-corrected chi connectivity index (χ1v) is 12.8. The van der Waals surface area contributed by atoms with E-state index in [0.717, 1.165) is 62.7 Å². The number of nitrogens with one attached hydrogen (secondary N) is 2. The molecule has 1 aliphatic heterocycles. The van der Waals surface area contributed by atoms with Gasteiger partial charge in [0.25, 0.3) is 0 Å². The molecule has 0 radical (unpaired) electrons. The summed E-state index contributed by atoms with van der Waals surface area (Å²) < 4.78 is 0. The number of nitrogens with zero attached hydrogens (tertiary/aromatic N) is 2. The molecule has 7 heteroatoms. The van der Waals surface area contributed by atoms with Crippen LogP contribution in [0.4, 0.5) is 10.5 Å². The van der Waals surface area contributed by atoms with Crippen molar-refractivity contribution in [2.75, 3.05) is 37.6 Å². The highest BCUT2D eigenvalue weighted by molar-refractivity contribution is 6.43. The molecule has 2 fully saturated rings. The minimum absolute atomic E-state index is 0.0556. The first-order valence-electron chi connectivity index (χ1n) is 12.1. The van der Waals surface area contributed by atoms with Crippen LogP contribution in [-0.2, 0) is 6.54 Å². The summed E-state index contributed by atoms with van der Waals surface area (Å²) in [6.07, 6.45) is 5.78. The quantitative estimate of drug-likeness (QED) is 0.535. The zero-order valence-corrected chi connectivity index (χ0v) is 20.6. The highest BCUT2D eigenvalue weighted by Gasteiger charge is 2.24. The molecular weight excluding hydrogens is 455 g/mol. The summed E-state index contributed by atoms with van der Waals surface area (Å²) in [6.45, 7) is 5.79. The van der Waals surface area contributed by atoms with Crippen LogP contribution in [0.3, 0.4) is 0 Å². The molecule has 5 nitrogen and oxygen atoms in total. The van der Waals surface area contributed by atoms with E-state index >= 15 is 0 Å². The van der Waals surface area contributed by atoms with Crippen LogP contribution in [-0.4, -0.2) is 49.7 Å². The maximum Gasteiger partial charge on any atom is 0.315 e. The highest BCUT2D eigenvalue weighted by atomic mass is 35.5. The average molecular weight is 489 g/mol. The highest BCUT2D eigenvalue weighted by Crippen LogP contribution is 2.33. The molecule has 1 saturated heterocycles. The summed E-state index contributed by atoms with van der Waals surface area (Å²) in [5, 5.41) is 7.41. The van der Waals surface area contributed by atoms with E-state index < -0.39 is 0 Å². The summed E-state index contributed by atoms with van der Waals surface area (Å²) in [5.74, 6) is 0.760. The van der Waals surface area contributed by atoms with Gasteiger partial charge >= 0.3 is 6.03 Å². The first-order chi connectivity index (χ1) is 16.1. The molecule has 33 heavy (non-hydrogen) atoms. The second-order valence-corrected chi connectivity index (χ2v) is 10.0. The van der Waals surface area contributed by atoms with E-state index in [9.17, 15) is 4.79 Å². The topological polar surface area (TPSA) is 47.6 Å². The molecule has 2 aromatic rings. The lowest BCUT2D eigenvalue weighted by atomic mass is 9.84. The Morgan fingerprint density at radius 3 is 2.36 bits per heavy atom. The maximum absolute atomic E-state index is 12.2. The van der Waals surface area contributed by atoms with Crippen molar-refractivity contribution in [3.05, 3.63) is 64.1 Å². The molecule has 4 rings (SSSR count). The number of benzene rings is 2. The Morgan fingerprint density at radius 2 is 1.64 bits per heavy atom. The third kappa shape index (κ3) is 7.02. The van der Waals surface area contributed by atoms with E-state index in [2.05, 4.69) is 26.5 Å². The molecule has 0 spiro atoms. The normalized spacial score (nSPS) is 21.6. The zero-order chi connectivity index (χ0) is 23.0. The molecule has 178 valence electrons. The van der Waals surface area contributed by atoms with Gasteiger partial charge in [-0.2, -0.15) is 0 Å². The monoisotopic (exact) mass is 488 g/mol. The van der Waals surface area contributed by atoms with Crippen LogP contribution in [0.25, 0.3) is 0 Å². The van der Waals surface area contributed by atoms with E-state index in [0.29, 0.717) is 22.6 Å². The van der Waals surface area contributed by atoms with E-state index in [-0.39, 0.29) is 6.03 Å². The summed E-state index contributed by atoms with van der Waals surface area (Å²) >= 11 is 12.6. The number of urea groups is 1. The lowest BCUT2D eigenvalue weighted by Gasteiger charge is -2.37. The second kappa shape index (κ2) is 12.0. The molecular formula is C26H34Cl2N4O. The van der Waals surface area contributed by atoms with Gasteiger partial charge in [0.05, 0.1) is 15.7 Å². The van der Waals surface area contributed by atoms with Gasteiger partial charge < -0.3 is 15.5 Å². The van der Waals surface area contributed by atoms with Crippen LogP contribution in [0, 0.1) is 5.92 Å². The van der Waals surface area contributed by atoms with Gasteiger partial charge in [-0.25, -0.2) is 4.79 Å². The van der Waals surface area contributed by atoms with Crippen LogP contribution in [0.1, 0.15) is 37.7 Å². The molecule has 0 aromatic heterocycles. The van der Waals surface area contributed by atoms with E-state index in [1.54, 1.807) is 0 Å². The molecule has 2 aliphatic rings. The van der Waals surface area contributed by atoms with Gasteiger partial charge in [-0.3, -0.25) is 4.90 Å². The minimum atomic E-state index is -0.0556. The molecule has 0 atom stereocenters. The molecule has 1 heterocycles. The molecule has 0 unspecified atom stereocenters. The lowest BCUT2D eigenvalue weighted by Crippen LogP contribution is -2.47. The zero-order valence-electron chi connectivity index (χ0n) is 19.1. The van der Waals surface area contributed by atoms with Crippen molar-refractivity contribution >= 4 is 34.9 Å². The fourth-order valence-electron chi connectivity index (χ4n) is 4.92. The summed E-state index contributed by atoms with van der Waals surface area (Å²) in [4.78, 5) is 17.1. The fraction of sp³-hybridized carbons (Fsp3) is 0.500. The Labute approximate surface area is 207 Å². The van der Waals surface area contributed by atoms with Crippen molar-refractivity contribution in [1.29, 1.82) is 0 Å². The van der Waals surface area contributed by atoms with Crippen LogP contribution in [0.5, 0.6) is 0 Å². The average Bonchev–Trinajstić information content (AvgIpc) is 2.85. The number of hydrogen-bond acceptors (Lipinski definition) is 3. The van der Waals surface area contributed by atoms with Gasteiger partial charge in [-0.1, -0.05) is 59.6 Å². The van der Waals surface area contributed by atoms with Crippen molar-refractivity contribution in [1.82, 2.24) is 15.5 Å². The van der Waals surface area contributed by atoms with Crippen molar-refractivity contribution < 1.29 is 4.79 Å². The smallest absolute Gasteiger partial charge is 0.315 e. The first kappa shape index (κ1) is 24.2. The third-order valence-electron chi connectivity index (χ3n) is 6.98. The summed E-state index contributed by atoms with van der Waals surface area (Å²) in [7, 11) is 0. The number of anilines is 1. The Morgan fingerprint density at radius 1 is 0.909 bits per heavy atom. The van der Waals surface area contributed by atoms with Crippen molar-refractivity contribution in [2.45, 2.75) is 44.7 Å². The van der Waals surface area contributed by atoms with Gasteiger partial charge in [0.2, 0.25) is 0 Å². The Kier molecular flexibility index (Phi) is 8.76. The second-order valence-electron chi connectivity index (χ2n) is 9.22. The number of carbonyl (C=O) groups is 1. The standard InChI is InChI=1S/C26H34Cl2N4O/c27-23-7-4-8-24(25(23)28)32-17-15-31(16-18-32)14-13-20-9-11-22(12-10-20)30-26(33)29-19-21-5-2-1-3-6-21/h1-8,20,22H,9-19H2,(H2,29,30,33). The Hall–Kier alpha value is -1.95. The van der Waals surface area contributed by atoms with Gasteiger partial charge in [0, 0.05) is 38.8 Å². The van der Waals surface area contributed by atoms with Gasteiger partial charge in [-0.05, 0) is 62.3 Å². The molecule has 2 amide bonds. The largest absolute Gasteiger partial charge is 0.368 e. The lowest BCUT2D eigenvalue weighted by molar-refractivity contribution is 0.205. The SMILES string of the molecule is O=C(NCc1ccccc1)NC1CCC(CCN2CCN(c3cccc(Cl)c3Cl)CC2)CC1. The molecule has 0 bridgehead atoms. The predicted octanol–water partition coefficient (Wildman–Crippen LogP) is 5.56. The van der Waals surface area contributed by atoms with Crippen LogP contribution < -0.4 is 15.5 Å². The Balaban J connectivity index is 1.11. The van der Waals surface area contributed by atoms with E-state index in [4.69, 9.17) is 23.2 Å². The van der Waals surface area contributed by atoms with Crippen LogP contribution in [0.2, 0.25) is 10.0 Å². The molecule has 2 aromatic carbocycles. The van der Waals surface area contributed by atoms with Crippen molar-refractivity contribution in [3.8, 4) is 0 Å². The van der Waals surface area contributed by atoms with Gasteiger partial charge in [0.1, 0.15) is 0 Å². The Bertz CT molecular complexity index is 894.